The fraction of sp³-hybridized carbons (Fsp3) is 0.846. The van der Waals surface area contributed by atoms with Crippen LogP contribution in [-0.2, 0) is 14.3 Å². The van der Waals surface area contributed by atoms with Crippen molar-refractivity contribution in [3.05, 3.63) is 0 Å². The predicted octanol–water partition coefficient (Wildman–Crippen LogP) is 1.09. The first-order valence-electron chi connectivity index (χ1n) is 6.70. The van der Waals surface area contributed by atoms with Gasteiger partial charge in [-0.05, 0) is 25.7 Å². The van der Waals surface area contributed by atoms with E-state index in [4.69, 9.17) is 14.7 Å². The standard InChI is InChI=1S/C13H20N2O3/c14-9-12-10-15(6-8-18-12)13(16)5-4-11-3-1-2-7-17-11/h11-12H,1-8,10H2. The maximum atomic E-state index is 12.0. The van der Waals surface area contributed by atoms with Crippen molar-refractivity contribution in [2.24, 2.45) is 0 Å². The maximum absolute atomic E-state index is 12.0. The van der Waals surface area contributed by atoms with E-state index >= 15 is 0 Å². The van der Waals surface area contributed by atoms with Gasteiger partial charge in [0.15, 0.2) is 6.10 Å². The number of nitrogens with zero attached hydrogens (tertiary/aromatic N) is 2. The molecule has 1 amide bonds. The van der Waals surface area contributed by atoms with Crippen molar-refractivity contribution < 1.29 is 14.3 Å². The molecule has 0 aromatic carbocycles. The number of morpholine rings is 1. The van der Waals surface area contributed by atoms with Crippen molar-refractivity contribution in [1.29, 1.82) is 5.26 Å². The molecule has 0 spiro atoms. The number of carbonyl (C=O) groups is 1. The first-order chi connectivity index (χ1) is 8.79. The fourth-order valence-corrected chi connectivity index (χ4v) is 2.43. The van der Waals surface area contributed by atoms with E-state index in [2.05, 4.69) is 6.07 Å². The summed E-state index contributed by atoms with van der Waals surface area (Å²) in [5.74, 6) is 0.118. The Morgan fingerprint density at radius 1 is 1.33 bits per heavy atom. The van der Waals surface area contributed by atoms with Crippen molar-refractivity contribution in [1.82, 2.24) is 4.90 Å². The van der Waals surface area contributed by atoms with E-state index in [1.165, 1.54) is 6.42 Å². The van der Waals surface area contributed by atoms with Gasteiger partial charge in [-0.3, -0.25) is 4.79 Å². The molecule has 2 heterocycles. The molecule has 2 rings (SSSR count). The van der Waals surface area contributed by atoms with Gasteiger partial charge in [-0.15, -0.1) is 0 Å². The summed E-state index contributed by atoms with van der Waals surface area (Å²) in [6, 6.07) is 2.05. The van der Waals surface area contributed by atoms with Gasteiger partial charge in [-0.1, -0.05) is 0 Å². The minimum atomic E-state index is -0.464. The number of rotatable bonds is 3. The molecule has 2 saturated heterocycles. The Hall–Kier alpha value is -1.12. The lowest BCUT2D eigenvalue weighted by molar-refractivity contribution is -0.138. The van der Waals surface area contributed by atoms with Gasteiger partial charge in [-0.25, -0.2) is 0 Å². The smallest absolute Gasteiger partial charge is 0.222 e. The summed E-state index contributed by atoms with van der Waals surface area (Å²) >= 11 is 0. The highest BCUT2D eigenvalue weighted by Gasteiger charge is 2.24. The molecule has 0 radical (unpaired) electrons. The van der Waals surface area contributed by atoms with E-state index in [0.717, 1.165) is 25.9 Å². The molecule has 0 N–H and O–H groups in total. The Kier molecular flexibility index (Phi) is 4.97. The summed E-state index contributed by atoms with van der Waals surface area (Å²) in [5, 5.41) is 8.79. The largest absolute Gasteiger partial charge is 0.378 e. The zero-order chi connectivity index (χ0) is 12.8. The number of hydrogen-bond donors (Lipinski definition) is 0. The molecule has 18 heavy (non-hydrogen) atoms. The zero-order valence-electron chi connectivity index (χ0n) is 10.6. The van der Waals surface area contributed by atoms with E-state index in [1.54, 1.807) is 4.90 Å². The molecule has 2 fully saturated rings. The van der Waals surface area contributed by atoms with Crippen LogP contribution in [0.1, 0.15) is 32.1 Å². The van der Waals surface area contributed by atoms with Gasteiger partial charge in [0.05, 0.1) is 25.3 Å². The first-order valence-corrected chi connectivity index (χ1v) is 6.70. The summed E-state index contributed by atoms with van der Waals surface area (Å²) < 4.78 is 10.8. The molecule has 100 valence electrons. The minimum absolute atomic E-state index is 0.118. The minimum Gasteiger partial charge on any atom is -0.378 e. The molecule has 5 heteroatoms. The monoisotopic (exact) mass is 252 g/mol. The number of carbonyl (C=O) groups excluding carboxylic acids is 1. The van der Waals surface area contributed by atoms with Gasteiger partial charge in [0.25, 0.3) is 0 Å². The average molecular weight is 252 g/mol. The Morgan fingerprint density at radius 2 is 2.22 bits per heavy atom. The maximum Gasteiger partial charge on any atom is 0.222 e. The van der Waals surface area contributed by atoms with Gasteiger partial charge in [0, 0.05) is 19.6 Å². The molecule has 0 bridgehead atoms. The number of ether oxygens (including phenoxy) is 2. The van der Waals surface area contributed by atoms with E-state index in [-0.39, 0.29) is 12.0 Å². The molecule has 0 saturated carbocycles. The second kappa shape index (κ2) is 6.72. The third-order valence-electron chi connectivity index (χ3n) is 3.52. The Labute approximate surface area is 108 Å². The second-order valence-electron chi connectivity index (χ2n) is 4.86. The molecule has 0 aromatic heterocycles. The summed E-state index contributed by atoms with van der Waals surface area (Å²) in [7, 11) is 0. The van der Waals surface area contributed by atoms with Crippen molar-refractivity contribution in [2.45, 2.75) is 44.3 Å². The molecular formula is C13H20N2O3. The Balaban J connectivity index is 1.72. The van der Waals surface area contributed by atoms with E-state index < -0.39 is 6.10 Å². The van der Waals surface area contributed by atoms with Gasteiger partial charge in [0.1, 0.15) is 0 Å². The van der Waals surface area contributed by atoms with Crippen LogP contribution in [0.3, 0.4) is 0 Å². The average Bonchev–Trinajstić information content (AvgIpc) is 2.46. The lowest BCUT2D eigenvalue weighted by Crippen LogP contribution is -2.45. The van der Waals surface area contributed by atoms with Crippen LogP contribution in [0.2, 0.25) is 0 Å². The van der Waals surface area contributed by atoms with Gasteiger partial charge in [0.2, 0.25) is 5.91 Å². The number of nitriles is 1. The van der Waals surface area contributed by atoms with E-state index in [0.29, 0.717) is 26.1 Å². The van der Waals surface area contributed by atoms with Gasteiger partial charge < -0.3 is 14.4 Å². The van der Waals surface area contributed by atoms with E-state index in [1.807, 2.05) is 0 Å². The highest BCUT2D eigenvalue weighted by Crippen LogP contribution is 2.18. The van der Waals surface area contributed by atoms with E-state index in [9.17, 15) is 4.79 Å². The lowest BCUT2D eigenvalue weighted by Gasteiger charge is -2.30. The Morgan fingerprint density at radius 3 is 2.94 bits per heavy atom. The Bertz CT molecular complexity index is 321. The van der Waals surface area contributed by atoms with Crippen LogP contribution in [0.4, 0.5) is 0 Å². The summed E-state index contributed by atoms with van der Waals surface area (Å²) in [4.78, 5) is 13.7. The van der Waals surface area contributed by atoms with Crippen LogP contribution < -0.4 is 0 Å². The van der Waals surface area contributed by atoms with Gasteiger partial charge >= 0.3 is 0 Å². The molecule has 5 nitrogen and oxygen atoms in total. The molecule has 0 aromatic rings. The normalized spacial score (nSPS) is 28.7. The van der Waals surface area contributed by atoms with Crippen molar-refractivity contribution >= 4 is 5.91 Å². The van der Waals surface area contributed by atoms with Gasteiger partial charge in [-0.2, -0.15) is 5.26 Å². The lowest BCUT2D eigenvalue weighted by atomic mass is 10.0. The first kappa shape index (κ1) is 13.3. The predicted molar refractivity (Wildman–Crippen MR) is 64.8 cm³/mol. The van der Waals surface area contributed by atoms with Crippen molar-refractivity contribution in [3.8, 4) is 6.07 Å². The zero-order valence-corrected chi connectivity index (χ0v) is 10.6. The molecule has 2 atom stereocenters. The summed E-state index contributed by atoms with van der Waals surface area (Å²) in [6.45, 7) is 2.29. The summed E-state index contributed by atoms with van der Waals surface area (Å²) in [5.41, 5.74) is 0. The van der Waals surface area contributed by atoms with Crippen molar-refractivity contribution in [2.75, 3.05) is 26.3 Å². The highest BCUT2D eigenvalue weighted by molar-refractivity contribution is 5.76. The van der Waals surface area contributed by atoms with Crippen LogP contribution >= 0.6 is 0 Å². The number of amides is 1. The fourth-order valence-electron chi connectivity index (χ4n) is 2.43. The van der Waals surface area contributed by atoms with Crippen LogP contribution in [0, 0.1) is 11.3 Å². The third kappa shape index (κ3) is 3.69. The SMILES string of the molecule is N#CC1CN(C(=O)CCC2CCCCO2)CCO1. The molecule has 0 aliphatic carbocycles. The topological polar surface area (TPSA) is 62.6 Å². The van der Waals surface area contributed by atoms with Crippen molar-refractivity contribution in [3.63, 3.8) is 0 Å². The molecule has 2 aliphatic heterocycles. The quantitative estimate of drug-likeness (QED) is 0.754. The van der Waals surface area contributed by atoms with Crippen LogP contribution in [-0.4, -0.2) is 49.3 Å². The molecule has 2 unspecified atom stereocenters. The third-order valence-corrected chi connectivity index (χ3v) is 3.52. The summed E-state index contributed by atoms with van der Waals surface area (Å²) in [6.07, 6.45) is 4.50. The number of hydrogen-bond acceptors (Lipinski definition) is 4. The van der Waals surface area contributed by atoms with Crippen LogP contribution in [0.15, 0.2) is 0 Å². The molecule has 2 aliphatic rings. The van der Waals surface area contributed by atoms with Crippen LogP contribution in [0.25, 0.3) is 0 Å². The second-order valence-corrected chi connectivity index (χ2v) is 4.86. The molecular weight excluding hydrogens is 232 g/mol. The van der Waals surface area contributed by atoms with Crippen LogP contribution in [0.5, 0.6) is 0 Å². The highest BCUT2D eigenvalue weighted by atomic mass is 16.5.